The average Bonchev–Trinajstić information content (AvgIpc) is 3.11. The maximum atomic E-state index is 13.1. The number of furan rings is 1. The number of alkyl halides is 3. The van der Waals surface area contributed by atoms with Gasteiger partial charge in [-0.25, -0.2) is 9.97 Å². The Bertz CT molecular complexity index is 919. The number of halogens is 3. The summed E-state index contributed by atoms with van der Waals surface area (Å²) in [6.45, 7) is 5.41. The molecule has 0 atom stereocenters. The van der Waals surface area contributed by atoms with Crippen LogP contribution in [-0.2, 0) is 16.4 Å². The number of hydrogen-bond donors (Lipinski definition) is 1. The topological polar surface area (TPSA) is 111 Å². The highest BCUT2D eigenvalue weighted by Gasteiger charge is 2.34. The molecule has 1 amide bonds. The normalized spacial score (nSPS) is 12.3. The Morgan fingerprint density at radius 2 is 1.93 bits per heavy atom. The van der Waals surface area contributed by atoms with Crippen molar-refractivity contribution in [2.75, 3.05) is 12.3 Å². The van der Waals surface area contributed by atoms with E-state index in [9.17, 15) is 28.1 Å². The fourth-order valence-corrected chi connectivity index (χ4v) is 2.79. The van der Waals surface area contributed by atoms with E-state index >= 15 is 0 Å². The first kappa shape index (κ1) is 23.4. The molecule has 0 spiro atoms. The molecular weight excluding hydrogens is 425 g/mol. The van der Waals surface area contributed by atoms with E-state index in [1.807, 2.05) is 0 Å². The molecule has 162 valence electrons. The van der Waals surface area contributed by atoms with E-state index in [2.05, 4.69) is 15.3 Å². The number of aromatic nitrogens is 2. The zero-order valence-corrected chi connectivity index (χ0v) is 17.1. The van der Waals surface area contributed by atoms with Crippen LogP contribution in [0.5, 0.6) is 0 Å². The third-order valence-electron chi connectivity index (χ3n) is 3.59. The van der Waals surface area contributed by atoms with Gasteiger partial charge >= 0.3 is 12.1 Å². The zero-order valence-electron chi connectivity index (χ0n) is 16.3. The van der Waals surface area contributed by atoms with Gasteiger partial charge in [0.2, 0.25) is 5.91 Å². The van der Waals surface area contributed by atoms with Crippen molar-refractivity contribution in [2.24, 2.45) is 0 Å². The van der Waals surface area contributed by atoms with Crippen molar-refractivity contribution < 1.29 is 27.3 Å². The second-order valence-corrected chi connectivity index (χ2v) is 8.14. The van der Waals surface area contributed by atoms with Crippen LogP contribution in [0.15, 0.2) is 33.8 Å². The van der Waals surface area contributed by atoms with E-state index < -0.39 is 34.0 Å². The van der Waals surface area contributed by atoms with Crippen molar-refractivity contribution >= 4 is 29.6 Å². The highest BCUT2D eigenvalue weighted by molar-refractivity contribution is 7.99. The summed E-state index contributed by atoms with van der Waals surface area (Å²) in [6, 6.07) is 3.44. The SMILES string of the molecule is CC(C)(C)c1cc(C(F)(F)F)nc(SCCNC(=O)C=Cc2ccc([N+](=O)[O-])o2)n1. The van der Waals surface area contributed by atoms with Gasteiger partial charge in [0.25, 0.3) is 0 Å². The molecule has 0 aromatic carbocycles. The van der Waals surface area contributed by atoms with E-state index in [1.165, 1.54) is 12.1 Å². The molecule has 0 bridgehead atoms. The molecule has 0 aliphatic carbocycles. The lowest BCUT2D eigenvalue weighted by molar-refractivity contribution is -0.402. The number of thioether (sulfide) groups is 1. The Morgan fingerprint density at radius 1 is 1.27 bits per heavy atom. The molecule has 8 nitrogen and oxygen atoms in total. The van der Waals surface area contributed by atoms with Crippen molar-refractivity contribution in [2.45, 2.75) is 37.5 Å². The van der Waals surface area contributed by atoms with E-state index in [4.69, 9.17) is 4.42 Å². The number of nitrogens with zero attached hydrogens (tertiary/aromatic N) is 3. The van der Waals surface area contributed by atoms with Gasteiger partial charge in [0.15, 0.2) is 5.16 Å². The second-order valence-electron chi connectivity index (χ2n) is 7.07. The van der Waals surface area contributed by atoms with Crippen molar-refractivity contribution in [3.8, 4) is 0 Å². The summed E-state index contributed by atoms with van der Waals surface area (Å²) < 4.78 is 44.2. The van der Waals surface area contributed by atoms with Crippen molar-refractivity contribution in [3.05, 3.63) is 51.5 Å². The molecule has 0 saturated heterocycles. The molecule has 0 radical (unpaired) electrons. The van der Waals surface area contributed by atoms with Crippen LogP contribution < -0.4 is 5.32 Å². The van der Waals surface area contributed by atoms with Gasteiger partial charge < -0.3 is 9.73 Å². The summed E-state index contributed by atoms with van der Waals surface area (Å²) in [5, 5.41) is 13.0. The molecule has 2 aromatic heterocycles. The lowest BCUT2D eigenvalue weighted by Crippen LogP contribution is -2.23. The maximum absolute atomic E-state index is 13.1. The van der Waals surface area contributed by atoms with Crippen LogP contribution in [0, 0.1) is 10.1 Å². The van der Waals surface area contributed by atoms with Crippen molar-refractivity contribution in [3.63, 3.8) is 0 Å². The third kappa shape index (κ3) is 6.87. The predicted octanol–water partition coefficient (Wildman–Crippen LogP) is 4.22. The van der Waals surface area contributed by atoms with Crippen LogP contribution in [0.25, 0.3) is 6.08 Å². The minimum Gasteiger partial charge on any atom is -0.401 e. The van der Waals surface area contributed by atoms with Crippen LogP contribution >= 0.6 is 11.8 Å². The van der Waals surface area contributed by atoms with Crippen molar-refractivity contribution in [1.82, 2.24) is 15.3 Å². The minimum absolute atomic E-state index is 0.0255. The summed E-state index contributed by atoms with van der Waals surface area (Å²) in [4.78, 5) is 29.4. The number of nitrogens with one attached hydrogen (secondary N) is 1. The van der Waals surface area contributed by atoms with E-state index in [-0.39, 0.29) is 28.9 Å². The number of nitro groups is 1. The Balaban J connectivity index is 1.92. The first-order valence-corrected chi connectivity index (χ1v) is 9.64. The Morgan fingerprint density at radius 3 is 2.50 bits per heavy atom. The largest absolute Gasteiger partial charge is 0.433 e. The van der Waals surface area contributed by atoms with Gasteiger partial charge in [0, 0.05) is 23.8 Å². The third-order valence-corrected chi connectivity index (χ3v) is 4.44. The highest BCUT2D eigenvalue weighted by Crippen LogP contribution is 2.32. The number of carbonyl (C=O) groups is 1. The Labute approximate surface area is 174 Å². The summed E-state index contributed by atoms with van der Waals surface area (Å²) in [5.74, 6) is -0.549. The van der Waals surface area contributed by atoms with Gasteiger partial charge in [0.05, 0.1) is 11.8 Å². The molecule has 12 heteroatoms. The molecular formula is C18H19F3N4O4S. The van der Waals surface area contributed by atoms with Gasteiger partial charge in [-0.1, -0.05) is 32.5 Å². The predicted molar refractivity (Wildman–Crippen MR) is 104 cm³/mol. The van der Waals surface area contributed by atoms with E-state index in [0.29, 0.717) is 0 Å². The first-order valence-electron chi connectivity index (χ1n) is 8.66. The molecule has 0 saturated carbocycles. The van der Waals surface area contributed by atoms with Crippen LogP contribution in [0.3, 0.4) is 0 Å². The minimum atomic E-state index is -4.59. The number of hydrogen-bond acceptors (Lipinski definition) is 7. The number of carbonyl (C=O) groups excluding carboxylic acids is 1. The number of rotatable bonds is 7. The molecule has 1 N–H and O–H groups in total. The summed E-state index contributed by atoms with van der Waals surface area (Å²) in [6.07, 6.45) is -2.19. The molecule has 2 heterocycles. The van der Waals surface area contributed by atoms with Gasteiger partial charge in [0.1, 0.15) is 16.4 Å². The van der Waals surface area contributed by atoms with Crippen LogP contribution in [0.4, 0.5) is 19.1 Å². The quantitative estimate of drug-likeness (QED) is 0.170. The average molecular weight is 444 g/mol. The first-order chi connectivity index (χ1) is 13.9. The number of amides is 1. The second kappa shape index (κ2) is 9.28. The molecule has 0 fully saturated rings. The monoisotopic (exact) mass is 444 g/mol. The molecule has 2 rings (SSSR count). The maximum Gasteiger partial charge on any atom is 0.433 e. The highest BCUT2D eigenvalue weighted by atomic mass is 32.2. The van der Waals surface area contributed by atoms with Crippen LogP contribution in [0.2, 0.25) is 0 Å². The molecule has 0 unspecified atom stereocenters. The molecule has 0 aliphatic heterocycles. The summed E-state index contributed by atoms with van der Waals surface area (Å²) in [7, 11) is 0. The Kier molecular flexibility index (Phi) is 7.24. The zero-order chi connectivity index (χ0) is 22.5. The van der Waals surface area contributed by atoms with Gasteiger partial charge in [-0.05, 0) is 18.2 Å². The van der Waals surface area contributed by atoms with Crippen molar-refractivity contribution in [1.29, 1.82) is 0 Å². The molecule has 2 aromatic rings. The lowest BCUT2D eigenvalue weighted by atomic mass is 9.91. The molecule has 30 heavy (non-hydrogen) atoms. The fraction of sp³-hybridized carbons (Fsp3) is 0.389. The smallest absolute Gasteiger partial charge is 0.401 e. The van der Waals surface area contributed by atoms with E-state index in [1.54, 1.807) is 20.8 Å². The molecule has 0 aliphatic rings. The Hall–Kier alpha value is -2.89. The lowest BCUT2D eigenvalue weighted by Gasteiger charge is -2.19. The van der Waals surface area contributed by atoms with Gasteiger partial charge in [-0.15, -0.1) is 0 Å². The fourth-order valence-electron chi connectivity index (χ4n) is 2.08. The van der Waals surface area contributed by atoms with E-state index in [0.717, 1.165) is 30.0 Å². The summed E-state index contributed by atoms with van der Waals surface area (Å²) in [5.41, 5.74) is -1.32. The summed E-state index contributed by atoms with van der Waals surface area (Å²) >= 11 is 0.989. The standard InChI is InChI=1S/C18H19F3N4O4S/c1-17(2,3)12-10-13(18(19,20)21)24-16(23-12)30-9-8-22-14(26)6-4-11-5-7-15(29-11)25(27)28/h4-7,10H,8-9H2,1-3H3,(H,22,26). The van der Waals surface area contributed by atoms with Gasteiger partial charge in [-0.3, -0.25) is 14.9 Å². The van der Waals surface area contributed by atoms with Gasteiger partial charge in [-0.2, -0.15) is 13.2 Å². The van der Waals surface area contributed by atoms with Crippen LogP contribution in [0.1, 0.15) is 37.9 Å². The van der Waals surface area contributed by atoms with Crippen LogP contribution in [-0.4, -0.2) is 33.1 Å².